The quantitative estimate of drug-likeness (QED) is 0.447. The van der Waals surface area contributed by atoms with Crippen LogP contribution in [-0.2, 0) is 4.79 Å². The van der Waals surface area contributed by atoms with E-state index >= 15 is 0 Å². The van der Waals surface area contributed by atoms with Gasteiger partial charge in [0.15, 0.2) is 5.16 Å². The van der Waals surface area contributed by atoms with Crippen LogP contribution in [0.25, 0.3) is 25.9 Å². The molecule has 0 aliphatic rings. The van der Waals surface area contributed by atoms with Crippen LogP contribution < -0.4 is 5.32 Å². The first kappa shape index (κ1) is 16.3. The molecular weight excluding hydrogens is 376 g/mol. The molecule has 0 bridgehead atoms. The van der Waals surface area contributed by atoms with Gasteiger partial charge in [0.1, 0.15) is 0 Å². The average Bonchev–Trinajstić information content (AvgIpc) is 3.25. The molecule has 5 rings (SSSR count). The minimum Gasteiger partial charge on any atom is -0.325 e. The summed E-state index contributed by atoms with van der Waals surface area (Å²) in [5.74, 6) is 0.212. The highest BCUT2D eigenvalue weighted by Gasteiger charge is 2.14. The maximum Gasteiger partial charge on any atom is 0.234 e. The van der Waals surface area contributed by atoms with Gasteiger partial charge in [0, 0.05) is 5.69 Å². The second-order valence-corrected chi connectivity index (χ2v) is 8.02. The fourth-order valence-corrected chi connectivity index (χ4v) is 4.81. The van der Waals surface area contributed by atoms with Crippen LogP contribution in [0.3, 0.4) is 0 Å². The first-order valence-electron chi connectivity index (χ1n) is 8.42. The Balaban J connectivity index is 1.33. The summed E-state index contributed by atoms with van der Waals surface area (Å²) >= 11 is 2.99. The zero-order valence-electron chi connectivity index (χ0n) is 14.1. The largest absolute Gasteiger partial charge is 0.325 e. The van der Waals surface area contributed by atoms with E-state index < -0.39 is 0 Å². The lowest BCUT2D eigenvalue weighted by molar-refractivity contribution is -0.113. The Morgan fingerprint density at radius 2 is 1.81 bits per heavy atom. The Kier molecular flexibility index (Phi) is 4.03. The van der Waals surface area contributed by atoms with Gasteiger partial charge >= 0.3 is 0 Å². The van der Waals surface area contributed by atoms with Gasteiger partial charge in [-0.3, -0.25) is 9.20 Å². The highest BCUT2D eigenvalue weighted by atomic mass is 32.2. The molecule has 1 amide bonds. The molecule has 132 valence electrons. The highest BCUT2D eigenvalue weighted by molar-refractivity contribution is 7.99. The average molecular weight is 390 g/mol. The number of nitrogens with one attached hydrogen (secondary N) is 1. The van der Waals surface area contributed by atoms with Crippen molar-refractivity contribution in [1.82, 2.24) is 14.6 Å². The van der Waals surface area contributed by atoms with Gasteiger partial charge in [0.2, 0.25) is 10.9 Å². The molecule has 27 heavy (non-hydrogen) atoms. The topological polar surface area (TPSA) is 59.3 Å². The second kappa shape index (κ2) is 6.68. The Labute approximate surface area is 163 Å². The molecular formula is C20H14N4OS2. The number of hydrogen-bond acceptors (Lipinski definition) is 5. The molecule has 0 unspecified atom stereocenters. The third-order valence-corrected chi connectivity index (χ3v) is 6.22. The van der Waals surface area contributed by atoms with Crippen LogP contribution in [0.1, 0.15) is 0 Å². The number of carbonyl (C=O) groups excluding carboxylic acids is 1. The van der Waals surface area contributed by atoms with Gasteiger partial charge in [-0.05, 0) is 35.0 Å². The van der Waals surface area contributed by atoms with Crippen molar-refractivity contribution in [3.05, 3.63) is 66.7 Å². The minimum atomic E-state index is -0.0634. The number of hydrogen-bond donors (Lipinski definition) is 1. The lowest BCUT2D eigenvalue weighted by Crippen LogP contribution is -2.14. The number of thiazole rings is 1. The van der Waals surface area contributed by atoms with Crippen LogP contribution in [0, 0.1) is 0 Å². The smallest absolute Gasteiger partial charge is 0.234 e. The van der Waals surface area contributed by atoms with E-state index in [4.69, 9.17) is 0 Å². The van der Waals surface area contributed by atoms with E-state index in [1.807, 2.05) is 59.0 Å². The third kappa shape index (κ3) is 3.05. The molecule has 0 spiro atoms. The predicted octanol–water partition coefficient (Wildman–Crippen LogP) is 4.83. The number of aromatic nitrogens is 3. The van der Waals surface area contributed by atoms with Crippen molar-refractivity contribution in [2.75, 3.05) is 11.1 Å². The number of thioether (sulfide) groups is 1. The first-order valence-corrected chi connectivity index (χ1v) is 10.2. The van der Waals surface area contributed by atoms with E-state index in [1.54, 1.807) is 11.3 Å². The van der Waals surface area contributed by atoms with E-state index in [0.29, 0.717) is 0 Å². The summed E-state index contributed by atoms with van der Waals surface area (Å²) in [5.41, 5.74) is 1.87. The molecule has 0 saturated heterocycles. The van der Waals surface area contributed by atoms with Crippen molar-refractivity contribution < 1.29 is 4.79 Å². The van der Waals surface area contributed by atoms with Gasteiger partial charge < -0.3 is 5.32 Å². The standard InChI is InChI=1S/C20H14N4OS2/c25-18(21-15-10-9-13-5-1-2-6-14(13)11-15)12-26-19-22-23-20-24(19)16-7-3-4-8-17(16)27-20/h1-11H,12H2,(H,21,25). The second-order valence-electron chi connectivity index (χ2n) is 6.07. The SMILES string of the molecule is O=C(CSc1nnc2sc3ccccc3n12)Nc1ccc2ccccc2c1. The predicted molar refractivity (Wildman–Crippen MR) is 112 cm³/mol. The van der Waals surface area contributed by atoms with Crippen molar-refractivity contribution in [2.24, 2.45) is 0 Å². The Morgan fingerprint density at radius 1 is 1.00 bits per heavy atom. The van der Waals surface area contributed by atoms with Gasteiger partial charge in [-0.1, -0.05) is 65.6 Å². The molecule has 0 aliphatic carbocycles. The van der Waals surface area contributed by atoms with Gasteiger partial charge in [-0.15, -0.1) is 10.2 Å². The van der Waals surface area contributed by atoms with Crippen LogP contribution in [0.15, 0.2) is 71.9 Å². The maximum atomic E-state index is 12.4. The monoisotopic (exact) mass is 390 g/mol. The summed E-state index contributed by atoms with van der Waals surface area (Å²) in [6.07, 6.45) is 0. The summed E-state index contributed by atoms with van der Waals surface area (Å²) < 4.78 is 3.17. The lowest BCUT2D eigenvalue weighted by Gasteiger charge is -2.06. The molecule has 0 radical (unpaired) electrons. The molecule has 0 fully saturated rings. The number of rotatable bonds is 4. The van der Waals surface area contributed by atoms with Gasteiger partial charge in [-0.25, -0.2) is 0 Å². The molecule has 1 N–H and O–H groups in total. The molecule has 5 nitrogen and oxygen atoms in total. The lowest BCUT2D eigenvalue weighted by atomic mass is 10.1. The van der Waals surface area contributed by atoms with Crippen LogP contribution in [0.2, 0.25) is 0 Å². The number of anilines is 1. The number of nitrogens with zero attached hydrogens (tertiary/aromatic N) is 3. The van der Waals surface area contributed by atoms with Crippen LogP contribution in [0.4, 0.5) is 5.69 Å². The normalized spacial score (nSPS) is 11.4. The van der Waals surface area contributed by atoms with Crippen molar-refractivity contribution >= 4 is 60.6 Å². The fourth-order valence-electron chi connectivity index (χ4n) is 3.04. The van der Waals surface area contributed by atoms with E-state index in [-0.39, 0.29) is 11.7 Å². The molecule has 0 saturated carbocycles. The molecule has 5 aromatic rings. The zero-order chi connectivity index (χ0) is 18.2. The number of fused-ring (bicyclic) bond motifs is 4. The maximum absolute atomic E-state index is 12.4. The summed E-state index contributed by atoms with van der Waals surface area (Å²) in [4.78, 5) is 13.2. The number of amides is 1. The van der Waals surface area contributed by atoms with Crippen molar-refractivity contribution in [2.45, 2.75) is 5.16 Å². The Hall–Kier alpha value is -2.90. The van der Waals surface area contributed by atoms with Crippen molar-refractivity contribution in [3.8, 4) is 0 Å². The van der Waals surface area contributed by atoms with Gasteiger partial charge in [-0.2, -0.15) is 0 Å². The van der Waals surface area contributed by atoms with E-state index in [0.717, 1.165) is 36.8 Å². The van der Waals surface area contributed by atoms with Gasteiger partial charge in [0.05, 0.1) is 16.0 Å². The van der Waals surface area contributed by atoms with E-state index in [2.05, 4.69) is 27.6 Å². The highest BCUT2D eigenvalue weighted by Crippen LogP contribution is 2.29. The molecule has 3 aromatic carbocycles. The van der Waals surface area contributed by atoms with E-state index in [9.17, 15) is 4.79 Å². The van der Waals surface area contributed by atoms with Crippen molar-refractivity contribution in [1.29, 1.82) is 0 Å². The first-order chi connectivity index (χ1) is 13.3. The summed E-state index contributed by atoms with van der Waals surface area (Å²) in [7, 11) is 0. The number of para-hydroxylation sites is 1. The molecule has 0 aliphatic heterocycles. The molecule has 7 heteroatoms. The number of benzene rings is 3. The van der Waals surface area contributed by atoms with Crippen LogP contribution in [0.5, 0.6) is 0 Å². The fraction of sp³-hybridized carbons (Fsp3) is 0.0500. The summed E-state index contributed by atoms with van der Waals surface area (Å²) in [5, 5.41) is 14.4. The summed E-state index contributed by atoms with van der Waals surface area (Å²) in [6.45, 7) is 0. The Morgan fingerprint density at radius 3 is 2.74 bits per heavy atom. The zero-order valence-corrected chi connectivity index (χ0v) is 15.8. The summed E-state index contributed by atoms with van der Waals surface area (Å²) in [6, 6.07) is 22.1. The number of carbonyl (C=O) groups is 1. The molecule has 2 aromatic heterocycles. The third-order valence-electron chi connectivity index (χ3n) is 4.28. The van der Waals surface area contributed by atoms with Crippen LogP contribution in [-0.4, -0.2) is 26.3 Å². The minimum absolute atomic E-state index is 0.0634. The van der Waals surface area contributed by atoms with Crippen molar-refractivity contribution in [3.63, 3.8) is 0 Å². The van der Waals surface area contributed by atoms with Gasteiger partial charge in [0.25, 0.3) is 0 Å². The molecule has 0 atom stereocenters. The van der Waals surface area contributed by atoms with E-state index in [1.165, 1.54) is 11.8 Å². The van der Waals surface area contributed by atoms with Crippen LogP contribution >= 0.6 is 23.1 Å². The Bertz CT molecular complexity index is 1290. The molecule has 2 heterocycles.